The van der Waals surface area contributed by atoms with Gasteiger partial charge in [0.05, 0.1) is 11.2 Å². The number of hydrogen-bond acceptors (Lipinski definition) is 6. The third-order valence-corrected chi connectivity index (χ3v) is 2.75. The summed E-state index contributed by atoms with van der Waals surface area (Å²) in [6.07, 6.45) is 7.05. The molecule has 0 aliphatic carbocycles. The molecule has 7 nitrogen and oxygen atoms in total. The van der Waals surface area contributed by atoms with Crippen molar-refractivity contribution in [3.63, 3.8) is 0 Å². The van der Waals surface area contributed by atoms with Crippen LogP contribution in [-0.4, -0.2) is 26.5 Å². The quantitative estimate of drug-likeness (QED) is 0.824. The van der Waals surface area contributed by atoms with Gasteiger partial charge in [0, 0.05) is 19.9 Å². The maximum atomic E-state index is 12.0. The Kier molecular flexibility index (Phi) is 4.38. The van der Waals surface area contributed by atoms with Crippen molar-refractivity contribution in [2.24, 2.45) is 0 Å². The highest BCUT2D eigenvalue weighted by Crippen LogP contribution is 2.14. The fraction of sp³-hybridized carbons (Fsp3) is 0.333. The van der Waals surface area contributed by atoms with E-state index in [1.807, 2.05) is 0 Å². The van der Waals surface area contributed by atoms with Crippen molar-refractivity contribution in [1.82, 2.24) is 19.9 Å². The number of aryl methyl sites for hydroxylation is 1. The summed E-state index contributed by atoms with van der Waals surface area (Å²) < 4.78 is 6.01. The van der Waals surface area contributed by atoms with Gasteiger partial charge in [-0.3, -0.25) is 4.79 Å². The zero-order valence-corrected chi connectivity index (χ0v) is 11.5. The Morgan fingerprint density at radius 2 is 2.40 bits per heavy atom. The van der Waals surface area contributed by atoms with E-state index in [1.165, 1.54) is 6.20 Å². The molecule has 0 aliphatic rings. The summed E-state index contributed by atoms with van der Waals surface area (Å²) in [5.74, 6) is 3.41. The van der Waals surface area contributed by atoms with E-state index in [1.54, 1.807) is 6.92 Å². The molecule has 2 aromatic heterocycles. The van der Waals surface area contributed by atoms with Gasteiger partial charge in [0.15, 0.2) is 5.82 Å². The van der Waals surface area contributed by atoms with Crippen LogP contribution in [0.1, 0.15) is 11.7 Å². The Hall–Kier alpha value is -2.33. The van der Waals surface area contributed by atoms with Crippen molar-refractivity contribution < 1.29 is 4.52 Å². The fourth-order valence-corrected chi connectivity index (χ4v) is 1.76. The first kappa shape index (κ1) is 14.1. The smallest absolute Gasteiger partial charge is 0.292 e. The van der Waals surface area contributed by atoms with Gasteiger partial charge in [0.25, 0.3) is 5.56 Å². The van der Waals surface area contributed by atoms with Gasteiger partial charge in [0.1, 0.15) is 12.2 Å². The first-order chi connectivity index (χ1) is 9.61. The number of hydrogen-bond donors (Lipinski definition) is 1. The summed E-state index contributed by atoms with van der Waals surface area (Å²) in [6.45, 7) is 2.24. The van der Waals surface area contributed by atoms with E-state index in [-0.39, 0.29) is 22.8 Å². The van der Waals surface area contributed by atoms with Crippen LogP contribution in [0, 0.1) is 19.3 Å². The molecular formula is C12H12ClN5O2. The van der Waals surface area contributed by atoms with E-state index in [0.717, 1.165) is 4.68 Å². The molecule has 0 fully saturated rings. The maximum absolute atomic E-state index is 12.0. The standard InChI is InChI=1S/C12H12ClN5O2/c1-3-6-18-12(19)11(9(13)7-15-18)14-5-4-10-16-8(2)20-17-10/h1,7,14H,4-6H2,2H3. The lowest BCUT2D eigenvalue weighted by molar-refractivity contribution is 0.387. The van der Waals surface area contributed by atoms with Crippen LogP contribution < -0.4 is 10.9 Å². The molecule has 1 N–H and O–H groups in total. The number of aromatic nitrogens is 4. The average molecular weight is 294 g/mol. The predicted molar refractivity (Wildman–Crippen MR) is 73.6 cm³/mol. The lowest BCUT2D eigenvalue weighted by Crippen LogP contribution is -2.26. The number of nitrogens with one attached hydrogen (secondary N) is 1. The summed E-state index contributed by atoms with van der Waals surface area (Å²) in [6, 6.07) is 0. The predicted octanol–water partition coefficient (Wildman–Crippen LogP) is 0.876. The minimum absolute atomic E-state index is 0.0920. The van der Waals surface area contributed by atoms with Crippen LogP contribution in [0.25, 0.3) is 0 Å². The Morgan fingerprint density at radius 1 is 1.60 bits per heavy atom. The average Bonchev–Trinajstić information content (AvgIpc) is 2.83. The van der Waals surface area contributed by atoms with Crippen molar-refractivity contribution in [2.75, 3.05) is 11.9 Å². The van der Waals surface area contributed by atoms with Crippen molar-refractivity contribution in [2.45, 2.75) is 19.9 Å². The van der Waals surface area contributed by atoms with Crippen molar-refractivity contribution in [3.8, 4) is 12.3 Å². The van der Waals surface area contributed by atoms with Crippen LogP contribution in [0.5, 0.6) is 0 Å². The molecule has 2 rings (SSSR count). The summed E-state index contributed by atoms with van der Waals surface area (Å²) in [4.78, 5) is 16.1. The number of rotatable bonds is 5. The Labute approximate surface area is 119 Å². The SMILES string of the molecule is C#CCn1ncc(Cl)c(NCCc2noc(C)n2)c1=O. The Balaban J connectivity index is 2.07. The zero-order valence-electron chi connectivity index (χ0n) is 10.8. The normalized spacial score (nSPS) is 10.2. The molecule has 0 bridgehead atoms. The molecule has 104 valence electrons. The zero-order chi connectivity index (χ0) is 14.5. The molecule has 0 radical (unpaired) electrons. The van der Waals surface area contributed by atoms with Gasteiger partial charge >= 0.3 is 0 Å². The van der Waals surface area contributed by atoms with Crippen molar-refractivity contribution >= 4 is 17.3 Å². The molecule has 0 spiro atoms. The Bertz CT molecular complexity index is 701. The monoisotopic (exact) mass is 293 g/mol. The third-order valence-electron chi connectivity index (χ3n) is 2.46. The van der Waals surface area contributed by atoms with Crippen LogP contribution in [0.3, 0.4) is 0 Å². The molecule has 2 aromatic rings. The largest absolute Gasteiger partial charge is 0.379 e. The molecule has 0 saturated heterocycles. The van der Waals surface area contributed by atoms with Gasteiger partial charge in [-0.05, 0) is 0 Å². The third kappa shape index (κ3) is 3.16. The fourth-order valence-electron chi connectivity index (χ4n) is 1.57. The molecule has 0 amide bonds. The maximum Gasteiger partial charge on any atom is 0.292 e. The van der Waals surface area contributed by atoms with Crippen molar-refractivity contribution in [3.05, 3.63) is 33.3 Å². The van der Waals surface area contributed by atoms with Crippen LogP contribution in [0.4, 0.5) is 5.69 Å². The summed E-state index contributed by atoms with van der Waals surface area (Å²) in [5, 5.41) is 10.8. The number of nitrogens with zero attached hydrogens (tertiary/aromatic N) is 4. The molecule has 20 heavy (non-hydrogen) atoms. The van der Waals surface area contributed by atoms with E-state index < -0.39 is 0 Å². The van der Waals surface area contributed by atoms with E-state index in [0.29, 0.717) is 24.7 Å². The first-order valence-corrected chi connectivity index (χ1v) is 6.21. The van der Waals surface area contributed by atoms with Gasteiger partial charge in [-0.2, -0.15) is 10.1 Å². The highest BCUT2D eigenvalue weighted by Gasteiger charge is 2.10. The molecule has 0 saturated carbocycles. The molecule has 8 heteroatoms. The van der Waals surface area contributed by atoms with Crippen LogP contribution >= 0.6 is 11.6 Å². The van der Waals surface area contributed by atoms with E-state index in [4.69, 9.17) is 22.5 Å². The van der Waals surface area contributed by atoms with E-state index in [9.17, 15) is 4.79 Å². The lowest BCUT2D eigenvalue weighted by atomic mass is 10.3. The molecule has 2 heterocycles. The Morgan fingerprint density at radius 3 is 3.05 bits per heavy atom. The highest BCUT2D eigenvalue weighted by atomic mass is 35.5. The number of anilines is 1. The van der Waals surface area contributed by atoms with E-state index in [2.05, 4.69) is 26.5 Å². The van der Waals surface area contributed by atoms with Gasteiger partial charge in [-0.25, -0.2) is 4.68 Å². The summed E-state index contributed by atoms with van der Waals surface area (Å²) in [5.41, 5.74) is -0.100. The summed E-state index contributed by atoms with van der Waals surface area (Å²) >= 11 is 5.95. The minimum Gasteiger partial charge on any atom is -0.379 e. The second-order valence-corrected chi connectivity index (χ2v) is 4.35. The number of halogens is 1. The minimum atomic E-state index is -0.361. The second-order valence-electron chi connectivity index (χ2n) is 3.94. The topological polar surface area (TPSA) is 85.8 Å². The molecule has 0 unspecified atom stereocenters. The molecule has 0 aliphatic heterocycles. The van der Waals surface area contributed by atoms with Gasteiger partial charge in [0.2, 0.25) is 5.89 Å². The van der Waals surface area contributed by atoms with Crippen LogP contribution in [-0.2, 0) is 13.0 Å². The first-order valence-electron chi connectivity index (χ1n) is 5.84. The van der Waals surface area contributed by atoms with Crippen molar-refractivity contribution in [1.29, 1.82) is 0 Å². The lowest BCUT2D eigenvalue weighted by Gasteiger charge is -2.08. The van der Waals surface area contributed by atoms with Crippen LogP contribution in [0.2, 0.25) is 5.02 Å². The molecule has 0 aromatic carbocycles. The van der Waals surface area contributed by atoms with Gasteiger partial charge in [-0.1, -0.05) is 22.7 Å². The number of terminal acetylenes is 1. The van der Waals surface area contributed by atoms with Gasteiger partial charge in [-0.15, -0.1) is 6.42 Å². The van der Waals surface area contributed by atoms with Gasteiger partial charge < -0.3 is 9.84 Å². The highest BCUT2D eigenvalue weighted by molar-refractivity contribution is 6.32. The second kappa shape index (κ2) is 6.21. The van der Waals surface area contributed by atoms with E-state index >= 15 is 0 Å². The summed E-state index contributed by atoms with van der Waals surface area (Å²) in [7, 11) is 0. The molecular weight excluding hydrogens is 282 g/mol. The molecule has 0 atom stereocenters. The van der Waals surface area contributed by atoms with Crippen LogP contribution in [0.15, 0.2) is 15.5 Å².